The molecule has 0 bridgehead atoms. The third-order valence-electron chi connectivity index (χ3n) is 3.00. The van der Waals surface area contributed by atoms with Crippen molar-refractivity contribution >= 4 is 11.8 Å². The largest absolute Gasteiger partial charge is 0.459 e. The van der Waals surface area contributed by atoms with E-state index in [1.54, 1.807) is 19.9 Å². The van der Waals surface area contributed by atoms with Gasteiger partial charge in [-0.1, -0.05) is 6.92 Å². The molecule has 0 saturated heterocycles. The summed E-state index contributed by atoms with van der Waals surface area (Å²) in [6, 6.07) is 2.28. The smallest absolute Gasteiger partial charge is 0.287 e. The van der Waals surface area contributed by atoms with Crippen LogP contribution in [0.25, 0.3) is 0 Å². The molecule has 3 atom stereocenters. The first-order chi connectivity index (χ1) is 8.95. The normalized spacial score (nSPS) is 15.4. The molecule has 1 heterocycles. The molecule has 2 amide bonds. The average Bonchev–Trinajstić information content (AvgIpc) is 2.91. The van der Waals surface area contributed by atoms with Crippen LogP contribution >= 0.6 is 0 Å². The van der Waals surface area contributed by atoms with Gasteiger partial charge >= 0.3 is 0 Å². The molecule has 0 radical (unpaired) electrons. The molecule has 19 heavy (non-hydrogen) atoms. The molecule has 3 N–H and O–H groups in total. The monoisotopic (exact) mass is 268 g/mol. The lowest BCUT2D eigenvalue weighted by Gasteiger charge is -2.21. The molecule has 3 unspecified atom stereocenters. The van der Waals surface area contributed by atoms with E-state index in [9.17, 15) is 9.59 Å². The van der Waals surface area contributed by atoms with Crippen molar-refractivity contribution in [1.82, 2.24) is 10.6 Å². The highest BCUT2D eigenvalue weighted by atomic mass is 16.3. The predicted octanol–water partition coefficient (Wildman–Crippen LogP) is 0.531. The van der Waals surface area contributed by atoms with Crippen molar-refractivity contribution in [3.63, 3.8) is 0 Å². The maximum absolute atomic E-state index is 11.8. The molecular weight excluding hydrogens is 248 g/mol. The molecule has 0 saturated carbocycles. The molecule has 1 rings (SSSR count). The molecule has 0 fully saturated rings. The molecule has 1 aromatic rings. The second-order valence-corrected chi connectivity index (χ2v) is 4.63. The van der Waals surface area contributed by atoms with E-state index in [0.29, 0.717) is 0 Å². The van der Waals surface area contributed by atoms with E-state index in [2.05, 4.69) is 10.6 Å². The number of rotatable bonds is 6. The number of nitrogens with one attached hydrogen (secondary N) is 2. The standard InChI is InChI=1S/C13H20N2O4/c1-8(7-16)9(2)14-12(17)10(3)15-13(18)11-5-4-6-19-11/h4-6,8-10,16H,7H2,1-3H3,(H,14,17)(H,15,18). The number of hydrogen-bond donors (Lipinski definition) is 3. The summed E-state index contributed by atoms with van der Waals surface area (Å²) >= 11 is 0. The van der Waals surface area contributed by atoms with Crippen molar-refractivity contribution in [2.24, 2.45) is 5.92 Å². The fourth-order valence-electron chi connectivity index (χ4n) is 1.39. The summed E-state index contributed by atoms with van der Waals surface area (Å²) in [7, 11) is 0. The number of carbonyl (C=O) groups excluding carboxylic acids is 2. The number of carbonyl (C=O) groups is 2. The van der Waals surface area contributed by atoms with Gasteiger partial charge in [-0.15, -0.1) is 0 Å². The molecule has 0 spiro atoms. The van der Waals surface area contributed by atoms with Crippen LogP contribution in [0.4, 0.5) is 0 Å². The van der Waals surface area contributed by atoms with E-state index < -0.39 is 11.9 Å². The van der Waals surface area contributed by atoms with Gasteiger partial charge in [0.1, 0.15) is 6.04 Å². The molecule has 0 aliphatic rings. The lowest BCUT2D eigenvalue weighted by Crippen LogP contribution is -2.49. The Balaban J connectivity index is 2.47. The highest BCUT2D eigenvalue weighted by Gasteiger charge is 2.21. The summed E-state index contributed by atoms with van der Waals surface area (Å²) in [5.74, 6) is -0.614. The van der Waals surface area contributed by atoms with Crippen molar-refractivity contribution in [3.05, 3.63) is 24.2 Å². The Labute approximate surface area is 112 Å². The summed E-state index contributed by atoms with van der Waals surface area (Å²) in [6.45, 7) is 5.22. The van der Waals surface area contributed by atoms with Crippen LogP contribution < -0.4 is 10.6 Å². The van der Waals surface area contributed by atoms with Gasteiger partial charge in [-0.2, -0.15) is 0 Å². The lowest BCUT2D eigenvalue weighted by atomic mass is 10.0. The van der Waals surface area contributed by atoms with Gasteiger partial charge in [-0.25, -0.2) is 0 Å². The summed E-state index contributed by atoms with van der Waals surface area (Å²) in [5, 5.41) is 14.3. The van der Waals surface area contributed by atoms with Crippen LogP contribution in [0, 0.1) is 5.92 Å². The molecule has 106 valence electrons. The van der Waals surface area contributed by atoms with E-state index in [4.69, 9.17) is 9.52 Å². The van der Waals surface area contributed by atoms with Gasteiger partial charge < -0.3 is 20.2 Å². The van der Waals surface area contributed by atoms with Crippen LogP contribution in [-0.4, -0.2) is 35.6 Å². The average molecular weight is 268 g/mol. The van der Waals surface area contributed by atoms with Crippen molar-refractivity contribution in [1.29, 1.82) is 0 Å². The van der Waals surface area contributed by atoms with E-state index in [1.807, 2.05) is 6.92 Å². The Kier molecular flexibility index (Phi) is 5.57. The van der Waals surface area contributed by atoms with E-state index >= 15 is 0 Å². The Morgan fingerprint density at radius 2 is 2.00 bits per heavy atom. The zero-order chi connectivity index (χ0) is 14.4. The van der Waals surface area contributed by atoms with Gasteiger partial charge in [0.05, 0.1) is 6.26 Å². The first-order valence-corrected chi connectivity index (χ1v) is 6.21. The highest BCUT2D eigenvalue weighted by molar-refractivity contribution is 5.95. The quantitative estimate of drug-likeness (QED) is 0.702. The zero-order valence-corrected chi connectivity index (χ0v) is 11.3. The number of hydrogen-bond acceptors (Lipinski definition) is 4. The maximum Gasteiger partial charge on any atom is 0.287 e. The van der Waals surface area contributed by atoms with Crippen molar-refractivity contribution in [2.45, 2.75) is 32.9 Å². The fourth-order valence-corrected chi connectivity index (χ4v) is 1.39. The van der Waals surface area contributed by atoms with Gasteiger partial charge in [-0.05, 0) is 31.9 Å². The van der Waals surface area contributed by atoms with Gasteiger partial charge in [0.15, 0.2) is 5.76 Å². The van der Waals surface area contributed by atoms with E-state index in [-0.39, 0.29) is 30.2 Å². The van der Waals surface area contributed by atoms with Crippen LogP contribution in [0.5, 0.6) is 0 Å². The SMILES string of the molecule is CC(NC(=O)c1ccco1)C(=O)NC(C)C(C)CO. The lowest BCUT2D eigenvalue weighted by molar-refractivity contribution is -0.123. The molecule has 1 aromatic heterocycles. The minimum absolute atomic E-state index is 0.00537. The van der Waals surface area contributed by atoms with Crippen LogP contribution in [0.2, 0.25) is 0 Å². The third-order valence-corrected chi connectivity index (χ3v) is 3.00. The Morgan fingerprint density at radius 3 is 2.53 bits per heavy atom. The second kappa shape index (κ2) is 6.94. The summed E-state index contributed by atoms with van der Waals surface area (Å²) in [5.41, 5.74) is 0. The third kappa shape index (κ3) is 4.40. The van der Waals surface area contributed by atoms with Crippen molar-refractivity contribution < 1.29 is 19.1 Å². The topological polar surface area (TPSA) is 91.6 Å². The van der Waals surface area contributed by atoms with Gasteiger partial charge in [-0.3, -0.25) is 9.59 Å². The Bertz CT molecular complexity index is 416. The second-order valence-electron chi connectivity index (χ2n) is 4.63. The van der Waals surface area contributed by atoms with E-state index in [0.717, 1.165) is 0 Å². The molecule has 0 aliphatic carbocycles. The first kappa shape index (κ1) is 15.2. The van der Waals surface area contributed by atoms with Crippen LogP contribution in [0.1, 0.15) is 31.3 Å². The predicted molar refractivity (Wildman–Crippen MR) is 69.5 cm³/mol. The fraction of sp³-hybridized carbons (Fsp3) is 0.538. The molecule has 6 heteroatoms. The molecule has 0 aromatic carbocycles. The minimum atomic E-state index is -0.675. The molecule has 0 aliphatic heterocycles. The van der Waals surface area contributed by atoms with Crippen LogP contribution in [0.15, 0.2) is 22.8 Å². The number of aliphatic hydroxyl groups is 1. The zero-order valence-electron chi connectivity index (χ0n) is 11.3. The molecule has 6 nitrogen and oxygen atoms in total. The van der Waals surface area contributed by atoms with Crippen LogP contribution in [0.3, 0.4) is 0 Å². The Morgan fingerprint density at radius 1 is 1.32 bits per heavy atom. The summed E-state index contributed by atoms with van der Waals surface area (Å²) in [6.07, 6.45) is 1.39. The number of aliphatic hydroxyl groups excluding tert-OH is 1. The van der Waals surface area contributed by atoms with Crippen molar-refractivity contribution in [2.75, 3.05) is 6.61 Å². The molecular formula is C13H20N2O4. The van der Waals surface area contributed by atoms with Gasteiger partial charge in [0.25, 0.3) is 5.91 Å². The van der Waals surface area contributed by atoms with Gasteiger partial charge in [0.2, 0.25) is 5.91 Å². The van der Waals surface area contributed by atoms with E-state index in [1.165, 1.54) is 12.3 Å². The van der Waals surface area contributed by atoms with Crippen LogP contribution in [-0.2, 0) is 4.79 Å². The minimum Gasteiger partial charge on any atom is -0.459 e. The van der Waals surface area contributed by atoms with Crippen molar-refractivity contribution in [3.8, 4) is 0 Å². The first-order valence-electron chi connectivity index (χ1n) is 6.21. The number of amides is 2. The maximum atomic E-state index is 11.8. The Hall–Kier alpha value is -1.82. The summed E-state index contributed by atoms with van der Waals surface area (Å²) < 4.78 is 4.94. The summed E-state index contributed by atoms with van der Waals surface area (Å²) in [4.78, 5) is 23.5. The number of furan rings is 1. The highest BCUT2D eigenvalue weighted by Crippen LogP contribution is 2.02. The van der Waals surface area contributed by atoms with Gasteiger partial charge in [0, 0.05) is 12.6 Å².